The van der Waals surface area contributed by atoms with Crippen molar-refractivity contribution in [2.45, 2.75) is 152 Å². The Morgan fingerprint density at radius 3 is 2.15 bits per heavy atom. The van der Waals surface area contributed by atoms with Gasteiger partial charge in [-0.3, -0.25) is 9.79 Å². The molecule has 3 saturated heterocycles. The highest BCUT2D eigenvalue weighted by atomic mass is 16.6. The molecule has 0 aromatic heterocycles. The second-order valence-corrected chi connectivity index (χ2v) is 21.0. The molecule has 0 spiro atoms. The lowest BCUT2D eigenvalue weighted by atomic mass is 9.82. The summed E-state index contributed by atoms with van der Waals surface area (Å²) in [5.41, 5.74) is 8.69. The Morgan fingerprint density at radius 2 is 1.42 bits per heavy atom. The predicted octanol–water partition coefficient (Wildman–Crippen LogP) is 6.92. The second-order valence-electron chi connectivity index (χ2n) is 21.0. The van der Waals surface area contributed by atoms with Crippen LogP contribution in [0.1, 0.15) is 109 Å². The zero-order valence-corrected chi connectivity index (χ0v) is 40.7. The van der Waals surface area contributed by atoms with E-state index in [2.05, 4.69) is 34.0 Å². The Kier molecular flexibility index (Phi) is 16.6. The number of nitrogens with zero attached hydrogens (tertiary/aromatic N) is 3. The molecule has 0 radical (unpaired) electrons. The van der Waals surface area contributed by atoms with Crippen LogP contribution in [0.4, 0.5) is 0 Å². The zero-order valence-electron chi connectivity index (χ0n) is 40.7. The average molecular weight is 932 g/mol. The van der Waals surface area contributed by atoms with E-state index >= 15 is 0 Å². The Bertz CT molecular complexity index is 1870. The molecule has 0 bridgehead atoms. The van der Waals surface area contributed by atoms with E-state index in [1.165, 1.54) is 62.6 Å². The lowest BCUT2D eigenvalue weighted by Crippen LogP contribution is -2.47. The van der Waals surface area contributed by atoms with Gasteiger partial charge in [0.25, 0.3) is 0 Å². The summed E-state index contributed by atoms with van der Waals surface area (Å²) in [6, 6.07) is 1.75. The Hall–Kier alpha value is -3.56. The number of hydrogen-bond acceptors (Lipinski definition) is 13. The first kappa shape index (κ1) is 48.5. The van der Waals surface area contributed by atoms with E-state index in [4.69, 9.17) is 55.2 Å². The van der Waals surface area contributed by atoms with E-state index in [1.807, 2.05) is 0 Å². The number of nitrogens with two attached hydrogens (primary N) is 1. The number of fused-ring (bicyclic) bond motifs is 8. The third kappa shape index (κ3) is 11.4. The van der Waals surface area contributed by atoms with Crippen molar-refractivity contribution >= 4 is 12.1 Å². The number of allylic oxidation sites excluding steroid dienone is 2. The Balaban J connectivity index is 0.816. The Labute approximate surface area is 400 Å². The van der Waals surface area contributed by atoms with Gasteiger partial charge in [0, 0.05) is 86.3 Å². The molecule has 1 amide bonds. The molecule has 14 heteroatoms. The first-order valence-corrected chi connectivity index (χ1v) is 26.1. The average Bonchev–Trinajstić information content (AvgIpc) is 3.83. The van der Waals surface area contributed by atoms with E-state index in [-0.39, 0.29) is 42.0 Å². The maximum Gasteiger partial charge on any atom is 0.229 e. The first-order valence-electron chi connectivity index (χ1n) is 26.1. The van der Waals surface area contributed by atoms with Crippen molar-refractivity contribution in [2.75, 3.05) is 80.2 Å². The van der Waals surface area contributed by atoms with Crippen LogP contribution in [0.2, 0.25) is 0 Å². The molecule has 5 aliphatic carbocycles. The smallest absolute Gasteiger partial charge is 0.229 e. The minimum Gasteiger partial charge on any atom is -0.498 e. The van der Waals surface area contributed by atoms with Crippen molar-refractivity contribution in [1.29, 1.82) is 0 Å². The molecule has 14 nitrogen and oxygen atoms in total. The largest absolute Gasteiger partial charge is 0.498 e. The van der Waals surface area contributed by atoms with Gasteiger partial charge in [-0.05, 0) is 74.7 Å². The van der Waals surface area contributed by atoms with Crippen LogP contribution in [0.25, 0.3) is 0 Å². The summed E-state index contributed by atoms with van der Waals surface area (Å²) in [5, 5.41) is 3.99. The topological polar surface area (TPSA) is 148 Å². The van der Waals surface area contributed by atoms with Crippen molar-refractivity contribution in [3.8, 4) is 0 Å². The predicted molar refractivity (Wildman–Crippen MR) is 257 cm³/mol. The quantitative estimate of drug-likeness (QED) is 0.0910. The van der Waals surface area contributed by atoms with Gasteiger partial charge in [0.1, 0.15) is 29.6 Å². The lowest BCUT2D eigenvalue weighted by molar-refractivity contribution is -0.139. The highest BCUT2D eigenvalue weighted by molar-refractivity contribution is 5.86. The number of aliphatic imine (C=N–C) groups is 1. The Morgan fingerprint density at radius 1 is 0.761 bits per heavy atom. The summed E-state index contributed by atoms with van der Waals surface area (Å²) in [7, 11) is 3.49. The number of hydrogen-bond donors (Lipinski definition) is 2. The molecule has 2 saturated carbocycles. The van der Waals surface area contributed by atoms with Gasteiger partial charge >= 0.3 is 0 Å². The summed E-state index contributed by atoms with van der Waals surface area (Å²) in [5.74, 6) is 5.41. The van der Waals surface area contributed by atoms with Crippen molar-refractivity contribution in [2.24, 2.45) is 40.3 Å². The second kappa shape index (κ2) is 22.9. The number of rotatable bonds is 21. The maximum absolute atomic E-state index is 14.2. The van der Waals surface area contributed by atoms with Gasteiger partial charge in [-0.2, -0.15) is 0 Å². The van der Waals surface area contributed by atoms with Gasteiger partial charge in [-0.25, -0.2) is 0 Å². The van der Waals surface area contributed by atoms with Crippen LogP contribution < -0.4 is 11.1 Å². The molecule has 9 aliphatic rings. The highest BCUT2D eigenvalue weighted by Crippen LogP contribution is 2.48. The van der Waals surface area contributed by atoms with Crippen LogP contribution in [-0.2, 0) is 42.7 Å². The standard InChI is InChI=1S/C53H81N5O9/c1-34(54)13-14-62-15-16-63-17-18-64-19-20-65-42-22-36(32-66-51-28-45-43(26-49(51)60-3)35(2)57-40(30-55-45)24-38-9-5-7-11-47(38)57)21-37(23-42)33-67-52-29-46-44(27-50(52)61-4)53(59)58-41(31-56-46)25-39-10-6-8-12-48(39)58/h23,31,36,38-48,55H,1-2,5-22,24-30,32-33,54H2,3-4H3/t36?,38-,39+,40+,41?,42+,43-,44-,45-,46+,47?,48?/m1/s1. The number of nitrogens with one attached hydrogen (secondary N) is 1. The molecule has 372 valence electrons. The maximum atomic E-state index is 14.2. The number of carbonyl (C=O) groups is 1. The first-order chi connectivity index (χ1) is 32.8. The van der Waals surface area contributed by atoms with E-state index < -0.39 is 0 Å². The van der Waals surface area contributed by atoms with Crippen LogP contribution >= 0.6 is 0 Å². The van der Waals surface area contributed by atoms with Gasteiger partial charge in [-0.1, -0.05) is 44.9 Å². The van der Waals surface area contributed by atoms with E-state index in [9.17, 15) is 4.79 Å². The zero-order chi connectivity index (χ0) is 46.3. The van der Waals surface area contributed by atoms with Crippen molar-refractivity contribution in [3.05, 3.63) is 59.2 Å². The number of methoxy groups -OCH3 is 2. The molecule has 4 aliphatic heterocycles. The minimum absolute atomic E-state index is 0.109. The lowest BCUT2D eigenvalue weighted by Gasteiger charge is -2.40. The summed E-state index contributed by atoms with van der Waals surface area (Å²) in [6.45, 7) is 13.9. The van der Waals surface area contributed by atoms with Gasteiger partial charge in [0.2, 0.25) is 5.91 Å². The van der Waals surface area contributed by atoms with Crippen LogP contribution in [0.5, 0.6) is 0 Å². The van der Waals surface area contributed by atoms with Crippen LogP contribution in [0, 0.1) is 29.6 Å². The normalized spacial score (nSPS) is 34.8. The van der Waals surface area contributed by atoms with Crippen molar-refractivity contribution in [3.63, 3.8) is 0 Å². The summed E-state index contributed by atoms with van der Waals surface area (Å²) in [6.07, 6.45) is 21.6. The van der Waals surface area contributed by atoms with E-state index in [0.29, 0.717) is 114 Å². The molecule has 3 N–H and O–H groups in total. The van der Waals surface area contributed by atoms with Gasteiger partial charge in [0.15, 0.2) is 0 Å². The van der Waals surface area contributed by atoms with Gasteiger partial charge in [0.05, 0.1) is 91.2 Å². The summed E-state index contributed by atoms with van der Waals surface area (Å²) >= 11 is 0. The van der Waals surface area contributed by atoms with E-state index in [0.717, 1.165) is 74.0 Å². The fraction of sp³-hybridized carbons (Fsp3) is 0.774. The minimum atomic E-state index is -0.220. The monoisotopic (exact) mass is 932 g/mol. The number of carbonyl (C=O) groups excluding carboxylic acids is 1. The third-order valence-corrected chi connectivity index (χ3v) is 16.7. The summed E-state index contributed by atoms with van der Waals surface area (Å²) in [4.78, 5) is 24.3. The summed E-state index contributed by atoms with van der Waals surface area (Å²) < 4.78 is 49.2. The van der Waals surface area contributed by atoms with Crippen molar-refractivity contribution in [1.82, 2.24) is 15.1 Å². The molecule has 0 aromatic rings. The van der Waals surface area contributed by atoms with Crippen LogP contribution in [-0.4, -0.2) is 145 Å². The van der Waals surface area contributed by atoms with E-state index in [1.54, 1.807) is 14.2 Å². The molecular weight excluding hydrogens is 851 g/mol. The van der Waals surface area contributed by atoms with Crippen LogP contribution in [0.15, 0.2) is 64.2 Å². The molecule has 4 unspecified atom stereocenters. The van der Waals surface area contributed by atoms with Gasteiger partial charge in [-0.15, -0.1) is 0 Å². The number of ether oxygens (including phenoxy) is 8. The SMILES string of the molecule is C=C(N)CCOCCOCCOCCO[C@@H]1C=C(COC2=C(OC)C[C@H]3C(=O)N4C(C=N[C@H]3C2)C[C@@H]2CCCCC24)CC(COC2=C(OC)C[C@@H]3C(=C)N4C5CCCC[C@@H]5C[C@H]4CN[C@@H]3C2)C1. The molecular formula is C53H81N5O9. The fourth-order valence-corrected chi connectivity index (χ4v) is 13.4. The van der Waals surface area contributed by atoms with Gasteiger partial charge < -0.3 is 58.7 Å². The third-order valence-electron chi connectivity index (χ3n) is 16.7. The van der Waals surface area contributed by atoms with Crippen LogP contribution in [0.3, 0.4) is 0 Å². The molecule has 67 heavy (non-hydrogen) atoms. The van der Waals surface area contributed by atoms with Crippen molar-refractivity contribution < 1.29 is 42.7 Å². The highest BCUT2D eigenvalue weighted by Gasteiger charge is 2.51. The molecule has 9 rings (SSSR count). The molecule has 12 atom stereocenters. The fourth-order valence-electron chi connectivity index (χ4n) is 13.4. The molecule has 0 aromatic carbocycles. The number of amides is 1. The molecule has 4 heterocycles. The molecule has 5 fully saturated rings.